The number of aryl methyl sites for hydroxylation is 1. The van der Waals surface area contributed by atoms with Gasteiger partial charge in [-0.2, -0.15) is 4.98 Å². The smallest absolute Gasteiger partial charge is 0.222 e. The molecule has 0 fully saturated rings. The van der Waals surface area contributed by atoms with Crippen molar-refractivity contribution in [3.63, 3.8) is 0 Å². The maximum absolute atomic E-state index is 5.86. The van der Waals surface area contributed by atoms with E-state index in [9.17, 15) is 0 Å². The summed E-state index contributed by atoms with van der Waals surface area (Å²) in [7, 11) is 0. The lowest BCUT2D eigenvalue weighted by Gasteiger charge is -2.11. The van der Waals surface area contributed by atoms with Crippen LogP contribution in [0.5, 0.6) is 5.88 Å². The largest absolute Gasteiger partial charge is 0.472 e. The molecule has 0 saturated heterocycles. The van der Waals surface area contributed by atoms with Gasteiger partial charge in [0.2, 0.25) is 5.88 Å². The van der Waals surface area contributed by atoms with Gasteiger partial charge in [-0.3, -0.25) is 0 Å². The molecule has 0 spiro atoms. The third kappa shape index (κ3) is 3.23. The summed E-state index contributed by atoms with van der Waals surface area (Å²) < 4.78 is 6.78. The second-order valence-electron chi connectivity index (χ2n) is 4.19. The van der Waals surface area contributed by atoms with Gasteiger partial charge in [-0.15, -0.1) is 0 Å². The van der Waals surface area contributed by atoms with Crippen molar-refractivity contribution < 1.29 is 4.74 Å². The van der Waals surface area contributed by atoms with Crippen molar-refractivity contribution in [2.45, 2.75) is 26.9 Å². The number of halogens is 1. The summed E-state index contributed by atoms with van der Waals surface area (Å²) in [6.07, 6.45) is 0.732. The van der Waals surface area contributed by atoms with Crippen molar-refractivity contribution in [2.75, 3.05) is 5.73 Å². The molecule has 2 rings (SSSR count). The van der Waals surface area contributed by atoms with Gasteiger partial charge >= 0.3 is 0 Å². The Kier molecular flexibility index (Phi) is 4.37. The van der Waals surface area contributed by atoms with E-state index in [1.807, 2.05) is 38.1 Å². The van der Waals surface area contributed by atoms with Crippen LogP contribution in [0.1, 0.15) is 23.9 Å². The average Bonchev–Trinajstić information content (AvgIpc) is 2.42. The van der Waals surface area contributed by atoms with E-state index in [0.29, 0.717) is 24.1 Å². The fraction of sp³-hybridized carbons (Fsp3) is 0.286. The van der Waals surface area contributed by atoms with Crippen LogP contribution in [0.15, 0.2) is 28.7 Å². The number of rotatable bonds is 4. The van der Waals surface area contributed by atoms with E-state index in [4.69, 9.17) is 10.5 Å². The molecule has 0 aliphatic rings. The molecule has 0 bridgehead atoms. The minimum Gasteiger partial charge on any atom is -0.472 e. The van der Waals surface area contributed by atoms with E-state index in [1.54, 1.807) is 0 Å². The van der Waals surface area contributed by atoms with E-state index in [0.717, 1.165) is 22.0 Å². The second-order valence-corrected chi connectivity index (χ2v) is 5.04. The van der Waals surface area contributed by atoms with Crippen LogP contribution >= 0.6 is 15.9 Å². The lowest BCUT2D eigenvalue weighted by atomic mass is 10.2. The Morgan fingerprint density at radius 3 is 2.68 bits per heavy atom. The topological polar surface area (TPSA) is 61.0 Å². The zero-order chi connectivity index (χ0) is 13.8. The normalized spacial score (nSPS) is 10.5. The molecule has 2 aromatic rings. The molecule has 0 radical (unpaired) electrons. The Bertz CT molecular complexity index is 587. The van der Waals surface area contributed by atoms with E-state index in [-0.39, 0.29) is 0 Å². The van der Waals surface area contributed by atoms with Crippen molar-refractivity contribution in [2.24, 2.45) is 0 Å². The van der Waals surface area contributed by atoms with Gasteiger partial charge in [0.25, 0.3) is 0 Å². The number of aromatic nitrogens is 2. The SMILES string of the molecule is CCc1nc(N)c(C)c(OCc2ccccc2Br)n1. The number of anilines is 1. The molecule has 0 aliphatic heterocycles. The summed E-state index contributed by atoms with van der Waals surface area (Å²) in [4.78, 5) is 8.57. The van der Waals surface area contributed by atoms with Crippen LogP contribution in [-0.2, 0) is 13.0 Å². The quantitative estimate of drug-likeness (QED) is 0.938. The highest BCUT2D eigenvalue weighted by Gasteiger charge is 2.10. The first-order chi connectivity index (χ1) is 9.11. The highest BCUT2D eigenvalue weighted by atomic mass is 79.9. The first-order valence-corrected chi connectivity index (χ1v) is 6.90. The average molecular weight is 322 g/mol. The molecule has 0 amide bonds. The first kappa shape index (κ1) is 13.8. The van der Waals surface area contributed by atoms with Crippen LogP contribution in [0.25, 0.3) is 0 Å². The number of ether oxygens (including phenoxy) is 1. The molecule has 1 aromatic carbocycles. The molecule has 1 heterocycles. The Morgan fingerprint density at radius 2 is 2.00 bits per heavy atom. The molecule has 0 atom stereocenters. The van der Waals surface area contributed by atoms with Crippen molar-refractivity contribution in [3.05, 3.63) is 45.7 Å². The van der Waals surface area contributed by atoms with Crippen molar-refractivity contribution in [3.8, 4) is 5.88 Å². The van der Waals surface area contributed by atoms with E-state index >= 15 is 0 Å². The lowest BCUT2D eigenvalue weighted by Crippen LogP contribution is -2.07. The lowest BCUT2D eigenvalue weighted by molar-refractivity contribution is 0.289. The van der Waals surface area contributed by atoms with Crippen LogP contribution < -0.4 is 10.5 Å². The van der Waals surface area contributed by atoms with Gasteiger partial charge in [-0.25, -0.2) is 4.98 Å². The number of nitrogens with two attached hydrogens (primary N) is 1. The van der Waals surface area contributed by atoms with Crippen molar-refractivity contribution in [1.29, 1.82) is 0 Å². The Hall–Kier alpha value is -1.62. The predicted octanol–water partition coefficient (Wildman–Crippen LogP) is 3.27. The standard InChI is InChI=1S/C14H16BrN3O/c1-3-12-17-13(16)9(2)14(18-12)19-8-10-6-4-5-7-11(10)15/h4-7H,3,8H2,1-2H3,(H2,16,17,18). The summed E-state index contributed by atoms with van der Waals surface area (Å²) in [6.45, 7) is 4.30. The minimum absolute atomic E-state index is 0.446. The highest BCUT2D eigenvalue weighted by molar-refractivity contribution is 9.10. The molecule has 100 valence electrons. The second kappa shape index (κ2) is 6.02. The molecule has 1 aromatic heterocycles. The minimum atomic E-state index is 0.446. The van der Waals surface area contributed by atoms with Crippen molar-refractivity contribution in [1.82, 2.24) is 9.97 Å². The summed E-state index contributed by atoms with van der Waals surface area (Å²) in [6, 6.07) is 7.93. The number of hydrogen-bond donors (Lipinski definition) is 1. The number of hydrogen-bond acceptors (Lipinski definition) is 4. The van der Waals surface area contributed by atoms with Crippen LogP contribution in [0, 0.1) is 6.92 Å². The molecule has 0 saturated carbocycles. The Labute approximate surface area is 121 Å². The zero-order valence-electron chi connectivity index (χ0n) is 11.0. The first-order valence-electron chi connectivity index (χ1n) is 6.11. The fourth-order valence-corrected chi connectivity index (χ4v) is 2.02. The predicted molar refractivity (Wildman–Crippen MR) is 79.0 cm³/mol. The van der Waals surface area contributed by atoms with Gasteiger partial charge in [0, 0.05) is 16.5 Å². The van der Waals surface area contributed by atoms with Crippen LogP contribution in [0.2, 0.25) is 0 Å². The Balaban J connectivity index is 2.20. The van der Waals surface area contributed by atoms with Gasteiger partial charge in [0.15, 0.2) is 0 Å². The maximum atomic E-state index is 5.86. The summed E-state index contributed by atoms with van der Waals surface area (Å²) in [5.41, 5.74) is 7.70. The molecule has 5 heteroatoms. The van der Waals surface area contributed by atoms with Gasteiger partial charge < -0.3 is 10.5 Å². The molecular weight excluding hydrogens is 306 g/mol. The molecule has 19 heavy (non-hydrogen) atoms. The van der Waals surface area contributed by atoms with E-state index in [1.165, 1.54) is 0 Å². The maximum Gasteiger partial charge on any atom is 0.222 e. The molecule has 0 aliphatic carbocycles. The summed E-state index contributed by atoms with van der Waals surface area (Å²) in [5, 5.41) is 0. The number of nitrogen functional groups attached to an aromatic ring is 1. The molecule has 0 unspecified atom stereocenters. The van der Waals surface area contributed by atoms with Crippen LogP contribution in [-0.4, -0.2) is 9.97 Å². The van der Waals surface area contributed by atoms with Gasteiger partial charge in [0.1, 0.15) is 18.2 Å². The number of benzene rings is 1. The highest BCUT2D eigenvalue weighted by Crippen LogP contribution is 2.23. The monoisotopic (exact) mass is 321 g/mol. The fourth-order valence-electron chi connectivity index (χ4n) is 1.62. The third-order valence-corrected chi connectivity index (χ3v) is 3.60. The van der Waals surface area contributed by atoms with Crippen LogP contribution in [0.4, 0.5) is 5.82 Å². The van der Waals surface area contributed by atoms with E-state index < -0.39 is 0 Å². The summed E-state index contributed by atoms with van der Waals surface area (Å²) in [5.74, 6) is 1.74. The number of nitrogens with zero attached hydrogens (tertiary/aromatic N) is 2. The summed E-state index contributed by atoms with van der Waals surface area (Å²) >= 11 is 3.49. The zero-order valence-corrected chi connectivity index (χ0v) is 12.6. The molecular formula is C14H16BrN3O. The molecule has 4 nitrogen and oxygen atoms in total. The van der Waals surface area contributed by atoms with Crippen LogP contribution in [0.3, 0.4) is 0 Å². The van der Waals surface area contributed by atoms with Gasteiger partial charge in [-0.1, -0.05) is 41.1 Å². The van der Waals surface area contributed by atoms with Gasteiger partial charge in [-0.05, 0) is 13.0 Å². The Morgan fingerprint density at radius 1 is 1.26 bits per heavy atom. The van der Waals surface area contributed by atoms with Crippen molar-refractivity contribution >= 4 is 21.7 Å². The van der Waals surface area contributed by atoms with Gasteiger partial charge in [0.05, 0.1) is 5.56 Å². The third-order valence-electron chi connectivity index (χ3n) is 2.82. The molecule has 2 N–H and O–H groups in total. The van der Waals surface area contributed by atoms with E-state index in [2.05, 4.69) is 25.9 Å².